The molecule has 9 heteroatoms. The number of thiophene rings is 1. The summed E-state index contributed by atoms with van der Waals surface area (Å²) in [6, 6.07) is 7.03. The Morgan fingerprint density at radius 2 is 1.86 bits per heavy atom. The third kappa shape index (κ3) is 4.11. The van der Waals surface area contributed by atoms with Gasteiger partial charge in [0.25, 0.3) is 5.91 Å². The minimum Gasteiger partial charge on any atom is -0.341 e. The summed E-state index contributed by atoms with van der Waals surface area (Å²) >= 11 is 1.71. The summed E-state index contributed by atoms with van der Waals surface area (Å²) in [5.74, 6) is -0.542. The number of benzene rings is 1. The summed E-state index contributed by atoms with van der Waals surface area (Å²) in [6.07, 6.45) is 0.835. The van der Waals surface area contributed by atoms with Crippen LogP contribution < -0.4 is 5.32 Å². The first kappa shape index (κ1) is 20.5. The Morgan fingerprint density at radius 3 is 2.50 bits per heavy atom. The monoisotopic (exact) mass is 421 g/mol. The first-order valence-electron chi connectivity index (χ1n) is 8.87. The van der Waals surface area contributed by atoms with E-state index in [1.165, 1.54) is 48.8 Å². The van der Waals surface area contributed by atoms with Crippen molar-refractivity contribution in [2.45, 2.75) is 30.8 Å². The molecule has 150 valence electrons. The van der Waals surface area contributed by atoms with Gasteiger partial charge in [0, 0.05) is 37.6 Å². The molecule has 2 heterocycles. The third-order valence-electron chi connectivity index (χ3n) is 4.73. The fourth-order valence-corrected chi connectivity index (χ4v) is 4.83. The van der Waals surface area contributed by atoms with E-state index < -0.39 is 22.0 Å². The standard InChI is InChI=1S/C19H23N3O4S2/c1-13(19(24)22-10-8-17-15(12-22)9-11-27-17)20-18(23)14-4-6-16(7-5-14)28(25,26)21(2)3/h4-7,9,11,13H,8,10,12H2,1-3H3,(H,20,23). The fraction of sp³-hybridized carbons (Fsp3) is 0.368. The lowest BCUT2D eigenvalue weighted by Crippen LogP contribution is -2.48. The second kappa shape index (κ2) is 8.02. The smallest absolute Gasteiger partial charge is 0.251 e. The Hall–Kier alpha value is -2.23. The lowest BCUT2D eigenvalue weighted by molar-refractivity contribution is -0.133. The van der Waals surface area contributed by atoms with Crippen LogP contribution in [0.3, 0.4) is 0 Å². The number of fused-ring (bicyclic) bond motifs is 1. The van der Waals surface area contributed by atoms with Crippen molar-refractivity contribution in [2.75, 3.05) is 20.6 Å². The lowest BCUT2D eigenvalue weighted by Gasteiger charge is -2.29. The number of carbonyl (C=O) groups excluding carboxylic acids is 2. The highest BCUT2D eigenvalue weighted by Crippen LogP contribution is 2.24. The van der Waals surface area contributed by atoms with Gasteiger partial charge in [-0.3, -0.25) is 9.59 Å². The molecule has 1 N–H and O–H groups in total. The van der Waals surface area contributed by atoms with Gasteiger partial charge in [-0.15, -0.1) is 11.3 Å². The van der Waals surface area contributed by atoms with E-state index in [9.17, 15) is 18.0 Å². The summed E-state index contributed by atoms with van der Waals surface area (Å²) in [6.45, 7) is 2.87. The summed E-state index contributed by atoms with van der Waals surface area (Å²) in [5, 5.41) is 4.74. The van der Waals surface area contributed by atoms with Gasteiger partial charge in [-0.1, -0.05) is 0 Å². The van der Waals surface area contributed by atoms with E-state index in [1.807, 2.05) is 11.4 Å². The molecule has 7 nitrogen and oxygen atoms in total. The topological polar surface area (TPSA) is 86.8 Å². The SMILES string of the molecule is CC(NC(=O)c1ccc(S(=O)(=O)N(C)C)cc1)C(=O)N1CCc2sccc2C1. The van der Waals surface area contributed by atoms with Crippen molar-refractivity contribution in [3.63, 3.8) is 0 Å². The van der Waals surface area contributed by atoms with Gasteiger partial charge >= 0.3 is 0 Å². The first-order chi connectivity index (χ1) is 13.2. The molecular formula is C19H23N3O4S2. The highest BCUT2D eigenvalue weighted by atomic mass is 32.2. The minimum atomic E-state index is -3.55. The van der Waals surface area contributed by atoms with E-state index in [0.29, 0.717) is 18.7 Å². The van der Waals surface area contributed by atoms with Crippen molar-refractivity contribution < 1.29 is 18.0 Å². The number of hydrogen-bond acceptors (Lipinski definition) is 5. The Morgan fingerprint density at radius 1 is 1.18 bits per heavy atom. The summed E-state index contributed by atoms with van der Waals surface area (Å²) < 4.78 is 25.3. The number of hydrogen-bond donors (Lipinski definition) is 1. The van der Waals surface area contributed by atoms with Crippen molar-refractivity contribution >= 4 is 33.2 Å². The normalized spacial score (nSPS) is 15.2. The van der Waals surface area contributed by atoms with Gasteiger partial charge in [-0.2, -0.15) is 0 Å². The van der Waals surface area contributed by atoms with Gasteiger partial charge in [0.1, 0.15) is 6.04 Å². The molecule has 0 fully saturated rings. The molecule has 1 aromatic carbocycles. The predicted molar refractivity (Wildman–Crippen MR) is 108 cm³/mol. The van der Waals surface area contributed by atoms with E-state index in [-0.39, 0.29) is 10.8 Å². The van der Waals surface area contributed by atoms with Crippen LogP contribution in [0.4, 0.5) is 0 Å². The van der Waals surface area contributed by atoms with Gasteiger partial charge in [-0.05, 0) is 54.6 Å². The number of carbonyl (C=O) groups is 2. The molecule has 0 spiro atoms. The van der Waals surface area contributed by atoms with Crippen LogP contribution in [0.2, 0.25) is 0 Å². The van der Waals surface area contributed by atoms with Crippen LogP contribution in [0.5, 0.6) is 0 Å². The Bertz CT molecular complexity index is 981. The summed E-state index contributed by atoms with van der Waals surface area (Å²) in [5.41, 5.74) is 1.47. The molecule has 28 heavy (non-hydrogen) atoms. The zero-order valence-electron chi connectivity index (χ0n) is 16.0. The molecule has 0 bridgehead atoms. The molecule has 0 aliphatic carbocycles. The molecular weight excluding hydrogens is 398 g/mol. The molecule has 1 aromatic heterocycles. The van der Waals surface area contributed by atoms with Crippen LogP contribution >= 0.6 is 11.3 Å². The van der Waals surface area contributed by atoms with Crippen molar-refractivity contribution in [3.8, 4) is 0 Å². The van der Waals surface area contributed by atoms with Gasteiger partial charge in [0.15, 0.2) is 0 Å². The molecule has 1 atom stereocenters. The van der Waals surface area contributed by atoms with E-state index >= 15 is 0 Å². The Balaban J connectivity index is 1.63. The van der Waals surface area contributed by atoms with Crippen LogP contribution in [0.15, 0.2) is 40.6 Å². The van der Waals surface area contributed by atoms with Crippen LogP contribution in [-0.4, -0.2) is 56.1 Å². The van der Waals surface area contributed by atoms with E-state index in [2.05, 4.69) is 5.32 Å². The maximum Gasteiger partial charge on any atom is 0.251 e. The minimum absolute atomic E-state index is 0.109. The molecule has 1 aliphatic rings. The Labute approximate surface area is 169 Å². The molecule has 3 rings (SSSR count). The third-order valence-corrected chi connectivity index (χ3v) is 7.58. The lowest BCUT2D eigenvalue weighted by atomic mass is 10.1. The maximum atomic E-state index is 12.7. The molecule has 0 saturated heterocycles. The average molecular weight is 422 g/mol. The number of amides is 2. The van der Waals surface area contributed by atoms with Crippen molar-refractivity contribution in [3.05, 3.63) is 51.7 Å². The fourth-order valence-electron chi connectivity index (χ4n) is 3.04. The zero-order valence-corrected chi connectivity index (χ0v) is 17.6. The molecule has 2 amide bonds. The average Bonchev–Trinajstić information content (AvgIpc) is 3.15. The van der Waals surface area contributed by atoms with E-state index in [0.717, 1.165) is 10.7 Å². The van der Waals surface area contributed by atoms with Crippen LogP contribution in [0, 0.1) is 0 Å². The number of nitrogens with one attached hydrogen (secondary N) is 1. The second-order valence-electron chi connectivity index (χ2n) is 6.89. The van der Waals surface area contributed by atoms with E-state index in [1.54, 1.807) is 23.2 Å². The van der Waals surface area contributed by atoms with Gasteiger partial charge in [0.2, 0.25) is 15.9 Å². The maximum absolute atomic E-state index is 12.7. The quantitative estimate of drug-likeness (QED) is 0.796. The molecule has 0 saturated carbocycles. The second-order valence-corrected chi connectivity index (χ2v) is 10.0. The number of rotatable bonds is 5. The van der Waals surface area contributed by atoms with Gasteiger partial charge in [-0.25, -0.2) is 12.7 Å². The van der Waals surface area contributed by atoms with Crippen LogP contribution in [0.1, 0.15) is 27.7 Å². The Kier molecular flexibility index (Phi) is 5.87. The number of nitrogens with zero attached hydrogens (tertiary/aromatic N) is 2. The van der Waals surface area contributed by atoms with Crippen molar-refractivity contribution in [1.82, 2.24) is 14.5 Å². The highest BCUT2D eigenvalue weighted by Gasteiger charge is 2.26. The molecule has 0 radical (unpaired) electrons. The van der Waals surface area contributed by atoms with Gasteiger partial charge < -0.3 is 10.2 Å². The molecule has 2 aromatic rings. The largest absolute Gasteiger partial charge is 0.341 e. The van der Waals surface area contributed by atoms with Crippen molar-refractivity contribution in [2.24, 2.45) is 0 Å². The number of sulfonamides is 1. The molecule has 1 unspecified atom stereocenters. The van der Waals surface area contributed by atoms with Crippen LogP contribution in [-0.2, 0) is 27.8 Å². The molecule has 1 aliphatic heterocycles. The van der Waals surface area contributed by atoms with Gasteiger partial charge in [0.05, 0.1) is 4.90 Å². The zero-order chi connectivity index (χ0) is 20.5. The summed E-state index contributed by atoms with van der Waals surface area (Å²) in [7, 11) is -0.654. The van der Waals surface area contributed by atoms with Crippen molar-refractivity contribution in [1.29, 1.82) is 0 Å². The first-order valence-corrected chi connectivity index (χ1v) is 11.2. The predicted octanol–water partition coefficient (Wildman–Crippen LogP) is 1.70. The highest BCUT2D eigenvalue weighted by molar-refractivity contribution is 7.89. The summed E-state index contributed by atoms with van der Waals surface area (Å²) in [4.78, 5) is 28.3. The van der Waals surface area contributed by atoms with Crippen LogP contribution in [0.25, 0.3) is 0 Å². The van der Waals surface area contributed by atoms with E-state index in [4.69, 9.17) is 0 Å².